The first-order chi connectivity index (χ1) is 14.5. The van der Waals surface area contributed by atoms with Crippen molar-refractivity contribution in [2.45, 2.75) is 25.6 Å². The maximum Gasteiger partial charge on any atom is 0.397 e. The van der Waals surface area contributed by atoms with E-state index in [0.717, 1.165) is 5.56 Å². The molecule has 0 aliphatic rings. The van der Waals surface area contributed by atoms with Crippen molar-refractivity contribution in [1.29, 1.82) is 0 Å². The van der Waals surface area contributed by atoms with Crippen LogP contribution in [0.3, 0.4) is 0 Å². The van der Waals surface area contributed by atoms with Gasteiger partial charge in [0.05, 0.1) is 19.8 Å². The van der Waals surface area contributed by atoms with E-state index in [-0.39, 0.29) is 12.2 Å². The highest BCUT2D eigenvalue weighted by molar-refractivity contribution is 5.34. The molecule has 0 unspecified atom stereocenters. The van der Waals surface area contributed by atoms with Crippen LogP contribution < -0.4 is 9.47 Å². The van der Waals surface area contributed by atoms with Gasteiger partial charge in [0.1, 0.15) is 23.2 Å². The van der Waals surface area contributed by atoms with E-state index in [2.05, 4.69) is 0 Å². The molecule has 0 saturated carbocycles. The largest absolute Gasteiger partial charge is 0.494 e. The maximum atomic E-state index is 13.6. The van der Waals surface area contributed by atoms with Gasteiger partial charge in [-0.05, 0) is 54.4 Å². The van der Waals surface area contributed by atoms with Crippen LogP contribution in [-0.4, -0.2) is 19.4 Å². The molecule has 158 valence electrons. The molecule has 1 atom stereocenters. The predicted molar refractivity (Wildman–Crippen MR) is 109 cm³/mol. The molecule has 0 radical (unpaired) electrons. The molecular weight excluding hydrogens is 393 g/mol. The van der Waals surface area contributed by atoms with Gasteiger partial charge in [0, 0.05) is 0 Å². The predicted octanol–water partition coefficient (Wildman–Crippen LogP) is 6.74. The van der Waals surface area contributed by atoms with Gasteiger partial charge in [0.25, 0.3) is 0 Å². The summed E-state index contributed by atoms with van der Waals surface area (Å²) in [6.07, 6.45) is -4.41. The van der Waals surface area contributed by atoms with E-state index in [1.807, 2.05) is 37.3 Å². The number of alkyl halides is 3. The van der Waals surface area contributed by atoms with Crippen LogP contribution in [0.1, 0.15) is 24.0 Å². The Bertz CT molecular complexity index is 909. The van der Waals surface area contributed by atoms with Crippen molar-refractivity contribution in [2.24, 2.45) is 0 Å². The minimum atomic E-state index is -4.41. The number of hydrogen-bond donors (Lipinski definition) is 0. The van der Waals surface area contributed by atoms with Crippen LogP contribution in [0.4, 0.5) is 13.2 Å². The third-order valence-electron chi connectivity index (χ3n) is 4.42. The summed E-state index contributed by atoms with van der Waals surface area (Å²) in [5, 5.41) is 0. The van der Waals surface area contributed by atoms with Gasteiger partial charge in [-0.2, -0.15) is 13.2 Å². The molecule has 0 heterocycles. The molecule has 3 rings (SSSR count). The summed E-state index contributed by atoms with van der Waals surface area (Å²) < 4.78 is 57.2. The van der Waals surface area contributed by atoms with Crippen molar-refractivity contribution < 1.29 is 27.4 Å². The topological polar surface area (TPSA) is 27.7 Å². The third-order valence-corrected chi connectivity index (χ3v) is 4.42. The molecule has 3 nitrogen and oxygen atoms in total. The smallest absolute Gasteiger partial charge is 0.397 e. The number of halogens is 3. The van der Waals surface area contributed by atoms with Gasteiger partial charge in [-0.15, -0.1) is 0 Å². The first-order valence-corrected chi connectivity index (χ1v) is 9.65. The van der Waals surface area contributed by atoms with Crippen molar-refractivity contribution in [1.82, 2.24) is 0 Å². The quantitative estimate of drug-likeness (QED) is 0.387. The second-order valence-electron chi connectivity index (χ2n) is 6.67. The zero-order valence-electron chi connectivity index (χ0n) is 16.6. The number of benzene rings is 3. The molecule has 0 aromatic heterocycles. The Labute approximate surface area is 174 Å². The van der Waals surface area contributed by atoms with E-state index < -0.39 is 18.7 Å². The second kappa shape index (κ2) is 10.2. The number of hydrogen-bond acceptors (Lipinski definition) is 3. The fourth-order valence-electron chi connectivity index (χ4n) is 2.96. The minimum Gasteiger partial charge on any atom is -0.494 e. The molecule has 3 aromatic carbocycles. The Balaban J connectivity index is 1.62. The highest BCUT2D eigenvalue weighted by Gasteiger charge is 2.40. The van der Waals surface area contributed by atoms with Crippen LogP contribution in [0.5, 0.6) is 17.2 Å². The Kier molecular flexibility index (Phi) is 7.36. The number of ether oxygens (including phenoxy) is 3. The molecule has 0 amide bonds. The van der Waals surface area contributed by atoms with Crippen LogP contribution in [-0.2, 0) is 11.3 Å². The molecule has 30 heavy (non-hydrogen) atoms. The molecule has 0 aliphatic heterocycles. The van der Waals surface area contributed by atoms with Crippen molar-refractivity contribution in [2.75, 3.05) is 13.2 Å². The summed E-state index contributed by atoms with van der Waals surface area (Å²) in [5.74, 6) is 0.111. The monoisotopic (exact) mass is 416 g/mol. The van der Waals surface area contributed by atoms with Crippen molar-refractivity contribution >= 4 is 0 Å². The van der Waals surface area contributed by atoms with Gasteiger partial charge in [-0.25, -0.2) is 0 Å². The Hall–Kier alpha value is -2.99. The van der Waals surface area contributed by atoms with Crippen molar-refractivity contribution in [3.05, 3.63) is 90.0 Å². The fraction of sp³-hybridized carbons (Fsp3) is 0.250. The van der Waals surface area contributed by atoms with Crippen molar-refractivity contribution in [3.63, 3.8) is 0 Å². The van der Waals surface area contributed by atoms with E-state index in [1.165, 1.54) is 12.1 Å². The summed E-state index contributed by atoms with van der Waals surface area (Å²) in [6, 6.07) is 22.3. The fourth-order valence-corrected chi connectivity index (χ4v) is 2.96. The SMILES string of the molecule is CCOc1ccc([C@@H](COCc2cccc(Oc3ccccc3)c2)C(F)(F)F)cc1. The Morgan fingerprint density at radius 1 is 0.800 bits per heavy atom. The van der Waals surface area contributed by atoms with Crippen molar-refractivity contribution in [3.8, 4) is 17.2 Å². The van der Waals surface area contributed by atoms with Gasteiger partial charge in [-0.1, -0.05) is 42.5 Å². The highest BCUT2D eigenvalue weighted by Crippen LogP contribution is 2.36. The van der Waals surface area contributed by atoms with E-state index in [4.69, 9.17) is 14.2 Å². The standard InChI is InChI=1S/C24H23F3O3/c1-2-29-20-13-11-19(12-14-20)23(24(25,26)27)17-28-16-18-7-6-10-22(15-18)30-21-8-4-3-5-9-21/h3-15,23H,2,16-17H2,1H3/t23-/m1/s1. The molecule has 6 heteroatoms. The van der Waals surface area contributed by atoms with Crippen LogP contribution in [0.2, 0.25) is 0 Å². The lowest BCUT2D eigenvalue weighted by Crippen LogP contribution is -2.25. The van der Waals surface area contributed by atoms with Crippen LogP contribution in [0.25, 0.3) is 0 Å². The summed E-state index contributed by atoms with van der Waals surface area (Å²) >= 11 is 0. The molecule has 0 bridgehead atoms. The number of para-hydroxylation sites is 1. The minimum absolute atomic E-state index is 0.0512. The van der Waals surface area contributed by atoms with Gasteiger partial charge in [0.15, 0.2) is 0 Å². The van der Waals surface area contributed by atoms with E-state index in [9.17, 15) is 13.2 Å². The van der Waals surface area contributed by atoms with E-state index >= 15 is 0 Å². The maximum absolute atomic E-state index is 13.6. The molecule has 0 N–H and O–H groups in total. The van der Waals surface area contributed by atoms with Gasteiger partial charge in [0.2, 0.25) is 0 Å². The van der Waals surface area contributed by atoms with Gasteiger partial charge < -0.3 is 14.2 Å². The summed E-state index contributed by atoms with van der Waals surface area (Å²) in [7, 11) is 0. The van der Waals surface area contributed by atoms with E-state index in [0.29, 0.717) is 23.9 Å². The lowest BCUT2D eigenvalue weighted by atomic mass is 9.99. The second-order valence-corrected chi connectivity index (χ2v) is 6.67. The molecule has 0 spiro atoms. The first kappa shape index (κ1) is 21.7. The Morgan fingerprint density at radius 3 is 2.17 bits per heavy atom. The molecule has 0 aliphatic carbocycles. The van der Waals surface area contributed by atoms with Crippen LogP contribution >= 0.6 is 0 Å². The third kappa shape index (κ3) is 6.26. The molecule has 0 fully saturated rings. The van der Waals surface area contributed by atoms with Crippen LogP contribution in [0, 0.1) is 0 Å². The summed E-state index contributed by atoms with van der Waals surface area (Å²) in [4.78, 5) is 0. The zero-order valence-corrected chi connectivity index (χ0v) is 16.6. The first-order valence-electron chi connectivity index (χ1n) is 9.65. The molecular formula is C24H23F3O3. The normalized spacial score (nSPS) is 12.4. The van der Waals surface area contributed by atoms with Gasteiger partial charge in [-0.3, -0.25) is 0 Å². The summed E-state index contributed by atoms with van der Waals surface area (Å²) in [6.45, 7) is 1.86. The lowest BCUT2D eigenvalue weighted by Gasteiger charge is -2.21. The lowest BCUT2D eigenvalue weighted by molar-refractivity contribution is -0.163. The molecule has 3 aromatic rings. The average molecular weight is 416 g/mol. The highest BCUT2D eigenvalue weighted by atomic mass is 19.4. The average Bonchev–Trinajstić information content (AvgIpc) is 2.72. The van der Waals surface area contributed by atoms with Gasteiger partial charge >= 0.3 is 6.18 Å². The Morgan fingerprint density at radius 2 is 1.50 bits per heavy atom. The number of rotatable bonds is 9. The summed E-state index contributed by atoms with van der Waals surface area (Å²) in [5.41, 5.74) is 0.878. The zero-order chi connectivity index (χ0) is 21.4. The molecule has 0 saturated heterocycles. The van der Waals surface area contributed by atoms with E-state index in [1.54, 1.807) is 36.4 Å². The van der Waals surface area contributed by atoms with Crippen LogP contribution in [0.15, 0.2) is 78.9 Å².